The predicted octanol–water partition coefficient (Wildman–Crippen LogP) is 11.5. The Kier molecular flexibility index (Phi) is 7.42. The van der Waals surface area contributed by atoms with Crippen molar-refractivity contribution in [1.82, 2.24) is 0 Å². The van der Waals surface area contributed by atoms with E-state index in [0.717, 1.165) is 24.4 Å². The number of hydrogen-bond donors (Lipinski definition) is 0. The number of nitrogens with zero attached hydrogens (tertiary/aromatic N) is 3. The minimum absolute atomic E-state index is 0.169. The molecule has 5 aromatic carbocycles. The lowest BCUT2D eigenvalue weighted by molar-refractivity contribution is -0.401. The molecule has 0 aromatic heterocycles. The highest BCUT2D eigenvalue weighted by molar-refractivity contribution is 6.07. The van der Waals surface area contributed by atoms with Crippen LogP contribution in [0.4, 0.5) is 17.1 Å². The number of ether oxygens (including phenoxy) is 1. The summed E-state index contributed by atoms with van der Waals surface area (Å²) in [5, 5.41) is 5.16. The normalized spacial score (nSPS) is 19.3. The van der Waals surface area contributed by atoms with Crippen LogP contribution < -0.4 is 9.64 Å². The van der Waals surface area contributed by atoms with Gasteiger partial charge in [0, 0.05) is 41.6 Å². The Hall–Kier alpha value is -5.66. The van der Waals surface area contributed by atoms with Crippen LogP contribution in [-0.2, 0) is 10.8 Å². The molecule has 4 nitrogen and oxygen atoms in total. The van der Waals surface area contributed by atoms with Crippen molar-refractivity contribution < 1.29 is 9.31 Å². The second kappa shape index (κ2) is 11.7. The average molecular weight is 653 g/mol. The number of rotatable bonds is 5. The van der Waals surface area contributed by atoms with Crippen LogP contribution in [-0.4, -0.2) is 24.4 Å². The highest BCUT2D eigenvalue weighted by Crippen LogP contribution is 2.50. The quantitative estimate of drug-likeness (QED) is 0.139. The zero-order chi connectivity index (χ0) is 34.8. The van der Waals surface area contributed by atoms with Crippen LogP contribution in [0.2, 0.25) is 0 Å². The molecule has 0 atom stereocenters. The van der Waals surface area contributed by atoms with Crippen molar-refractivity contribution in [2.45, 2.75) is 51.4 Å². The van der Waals surface area contributed by atoms with E-state index in [0.29, 0.717) is 5.69 Å². The Bertz CT molecular complexity index is 2430. The highest BCUT2D eigenvalue weighted by Gasteiger charge is 2.44. The molecule has 0 saturated carbocycles. The lowest BCUT2D eigenvalue weighted by Gasteiger charge is -2.24. The van der Waals surface area contributed by atoms with Crippen molar-refractivity contribution in [1.29, 1.82) is 0 Å². The molecule has 0 N–H and O–H groups in total. The largest absolute Gasteiger partial charge is 0.457 e. The topological polar surface area (TPSA) is 19.8 Å². The molecule has 0 spiro atoms. The third-order valence-corrected chi connectivity index (χ3v) is 11.1. The standard InChI is InChI=1S/C46H42N3O/c1-45(2)40(48(6)38-26-18-30-12-8-10-14-36(30)42(38)45)28-20-32-16-17-33(44(32)50-35-24-22-34(47-5)23-25-35)21-29-41-46(3,4)43-37-15-11-9-13-31(37)19-27-39(43)49(41)7/h8-15,18-29H,16-17H2,1-4,6-7H3/q+1. The van der Waals surface area contributed by atoms with Gasteiger partial charge in [-0.3, -0.25) is 0 Å². The molecule has 3 aliphatic rings. The summed E-state index contributed by atoms with van der Waals surface area (Å²) in [6.45, 7) is 16.7. The maximum absolute atomic E-state index is 7.40. The molecule has 0 fully saturated rings. The number of hydrogen-bond acceptors (Lipinski definition) is 2. The first-order valence-corrected chi connectivity index (χ1v) is 17.5. The van der Waals surface area contributed by atoms with Gasteiger partial charge in [-0.1, -0.05) is 86.7 Å². The van der Waals surface area contributed by atoms with Gasteiger partial charge < -0.3 is 9.64 Å². The predicted molar refractivity (Wildman–Crippen MR) is 208 cm³/mol. The van der Waals surface area contributed by atoms with E-state index in [1.807, 2.05) is 24.3 Å². The van der Waals surface area contributed by atoms with Gasteiger partial charge in [0.2, 0.25) is 5.69 Å². The summed E-state index contributed by atoms with van der Waals surface area (Å²) in [7, 11) is 4.36. The molecular formula is C46H42N3O+. The first-order valence-electron chi connectivity index (χ1n) is 17.5. The fraction of sp³-hybridized carbons (Fsp3) is 0.217. The van der Waals surface area contributed by atoms with Crippen molar-refractivity contribution in [3.63, 3.8) is 0 Å². The van der Waals surface area contributed by atoms with Gasteiger partial charge in [0.15, 0.2) is 11.4 Å². The zero-order valence-corrected chi connectivity index (χ0v) is 29.7. The van der Waals surface area contributed by atoms with Gasteiger partial charge in [-0.15, -0.1) is 0 Å². The van der Waals surface area contributed by atoms with Crippen LogP contribution in [0.5, 0.6) is 5.75 Å². The summed E-state index contributed by atoms with van der Waals surface area (Å²) in [6, 6.07) is 33.8. The van der Waals surface area contributed by atoms with E-state index in [1.54, 1.807) is 0 Å². The lowest BCUT2D eigenvalue weighted by atomic mass is 9.79. The van der Waals surface area contributed by atoms with Gasteiger partial charge in [-0.05, 0) is 101 Å². The second-order valence-corrected chi connectivity index (χ2v) is 14.8. The van der Waals surface area contributed by atoms with E-state index in [2.05, 4.69) is 153 Å². The minimum Gasteiger partial charge on any atom is -0.457 e. The van der Waals surface area contributed by atoms with Crippen molar-refractivity contribution in [2.24, 2.45) is 0 Å². The van der Waals surface area contributed by atoms with E-state index < -0.39 is 0 Å². The Labute approximate surface area is 295 Å². The number of likely N-dealkylation sites (N-methyl/N-ethyl adjacent to an activating group) is 1. The van der Waals surface area contributed by atoms with Gasteiger partial charge in [0.05, 0.1) is 12.0 Å². The fourth-order valence-corrected chi connectivity index (χ4v) is 8.60. The van der Waals surface area contributed by atoms with Crippen LogP contribution in [0.15, 0.2) is 144 Å². The lowest BCUT2D eigenvalue weighted by Crippen LogP contribution is -2.26. The van der Waals surface area contributed by atoms with Gasteiger partial charge in [-0.2, -0.15) is 4.58 Å². The van der Waals surface area contributed by atoms with Crippen molar-refractivity contribution in [3.05, 3.63) is 167 Å². The van der Waals surface area contributed by atoms with E-state index >= 15 is 0 Å². The molecule has 0 unspecified atom stereocenters. The monoisotopic (exact) mass is 652 g/mol. The first kappa shape index (κ1) is 31.6. The Morgan fingerprint density at radius 3 is 2.10 bits per heavy atom. The molecule has 246 valence electrons. The molecule has 1 aliphatic carbocycles. The summed E-state index contributed by atoms with van der Waals surface area (Å²) in [4.78, 5) is 5.92. The van der Waals surface area contributed by atoms with Crippen LogP contribution in [0.25, 0.3) is 26.4 Å². The third-order valence-electron chi connectivity index (χ3n) is 11.1. The van der Waals surface area contributed by atoms with E-state index in [9.17, 15) is 0 Å². The maximum Gasteiger partial charge on any atom is 0.210 e. The van der Waals surface area contributed by atoms with Gasteiger partial charge in [0.25, 0.3) is 0 Å². The molecular weight excluding hydrogens is 611 g/mol. The van der Waals surface area contributed by atoms with Gasteiger partial charge in [0.1, 0.15) is 18.6 Å². The van der Waals surface area contributed by atoms with E-state index in [1.165, 1.54) is 66.6 Å². The van der Waals surface area contributed by atoms with Crippen molar-refractivity contribution in [3.8, 4) is 5.75 Å². The molecule has 0 amide bonds. The summed E-state index contributed by atoms with van der Waals surface area (Å²) >= 11 is 0. The molecule has 2 aliphatic heterocycles. The van der Waals surface area contributed by atoms with Crippen LogP contribution >= 0.6 is 0 Å². The van der Waals surface area contributed by atoms with Crippen LogP contribution in [0.3, 0.4) is 0 Å². The Morgan fingerprint density at radius 2 is 1.40 bits per heavy atom. The number of anilines is 1. The number of benzene rings is 5. The highest BCUT2D eigenvalue weighted by atomic mass is 16.5. The van der Waals surface area contributed by atoms with Gasteiger partial charge in [-0.25, -0.2) is 4.85 Å². The van der Waals surface area contributed by atoms with Crippen LogP contribution in [0.1, 0.15) is 51.7 Å². The molecule has 0 saturated heterocycles. The van der Waals surface area contributed by atoms with Gasteiger partial charge >= 0.3 is 0 Å². The molecule has 0 bridgehead atoms. The summed E-state index contributed by atoms with van der Waals surface area (Å²) in [5.74, 6) is 1.64. The Morgan fingerprint density at radius 1 is 0.740 bits per heavy atom. The number of fused-ring (bicyclic) bond motifs is 6. The molecule has 8 rings (SSSR count). The fourth-order valence-electron chi connectivity index (χ4n) is 8.60. The maximum atomic E-state index is 7.40. The summed E-state index contributed by atoms with van der Waals surface area (Å²) < 4.78 is 9.06. The molecule has 4 heteroatoms. The first-order chi connectivity index (χ1) is 24.1. The van der Waals surface area contributed by atoms with Crippen molar-refractivity contribution >= 4 is 44.3 Å². The minimum atomic E-state index is -0.169. The molecule has 50 heavy (non-hydrogen) atoms. The molecule has 0 radical (unpaired) electrons. The SMILES string of the molecule is [C-]#[N+]c1ccc(OC2=C(C=CC3=[N+](C)c4ccc5ccccc5c4C3(C)C)CCC2=CC=C2N(C)c3ccc4ccccc4c3C2(C)C)cc1. The number of allylic oxidation sites excluding steroid dienone is 7. The summed E-state index contributed by atoms with van der Waals surface area (Å²) in [6.07, 6.45) is 10.9. The van der Waals surface area contributed by atoms with Crippen LogP contribution in [0, 0.1) is 6.57 Å². The average Bonchev–Trinajstić information content (AvgIpc) is 3.66. The second-order valence-electron chi connectivity index (χ2n) is 14.8. The van der Waals surface area contributed by atoms with E-state index in [4.69, 9.17) is 11.3 Å². The zero-order valence-electron chi connectivity index (χ0n) is 29.7. The third kappa shape index (κ3) is 4.91. The smallest absolute Gasteiger partial charge is 0.210 e. The Balaban J connectivity index is 1.19. The molecule has 2 heterocycles. The van der Waals surface area contributed by atoms with Crippen molar-refractivity contribution in [2.75, 3.05) is 19.0 Å². The van der Waals surface area contributed by atoms with E-state index in [-0.39, 0.29) is 10.8 Å². The summed E-state index contributed by atoms with van der Waals surface area (Å²) in [5.41, 5.74) is 10.4. The molecule has 5 aromatic rings.